The second kappa shape index (κ2) is 5.01. The van der Waals surface area contributed by atoms with E-state index in [1.165, 1.54) is 11.3 Å². The third-order valence-electron chi connectivity index (χ3n) is 3.41. The number of ether oxygens (including phenoxy) is 1. The van der Waals surface area contributed by atoms with Crippen molar-refractivity contribution in [2.75, 3.05) is 19.0 Å². The Hall–Kier alpha value is -1.88. The summed E-state index contributed by atoms with van der Waals surface area (Å²) in [7, 11) is 1.68. The number of fused-ring (bicyclic) bond motifs is 1. The van der Waals surface area contributed by atoms with Gasteiger partial charge in [-0.2, -0.15) is 4.98 Å². The van der Waals surface area contributed by atoms with Crippen molar-refractivity contribution < 1.29 is 9.26 Å². The lowest BCUT2D eigenvalue weighted by Crippen LogP contribution is -2.09. The molecule has 5 heteroatoms. The predicted molar refractivity (Wildman–Crippen MR) is 72.1 cm³/mol. The number of benzene rings is 1. The zero-order valence-electron chi connectivity index (χ0n) is 11.1. The summed E-state index contributed by atoms with van der Waals surface area (Å²) in [5.74, 6) is 1.24. The molecule has 2 heterocycles. The third kappa shape index (κ3) is 2.46. The van der Waals surface area contributed by atoms with Crippen molar-refractivity contribution in [3.63, 3.8) is 0 Å². The average Bonchev–Trinajstić information content (AvgIpc) is 3.05. The fourth-order valence-electron chi connectivity index (χ4n) is 2.22. The predicted octanol–water partition coefficient (Wildman–Crippen LogP) is 2.28. The van der Waals surface area contributed by atoms with Crippen LogP contribution < -0.4 is 5.32 Å². The summed E-state index contributed by atoms with van der Waals surface area (Å²) in [5, 5.41) is 7.34. The number of anilines is 1. The summed E-state index contributed by atoms with van der Waals surface area (Å²) < 4.78 is 10.5. The maximum Gasteiger partial charge on any atom is 0.257 e. The maximum absolute atomic E-state index is 5.31. The molecule has 1 aliphatic rings. The molecule has 1 atom stereocenters. The van der Waals surface area contributed by atoms with Gasteiger partial charge in [0.1, 0.15) is 0 Å². The van der Waals surface area contributed by atoms with Crippen LogP contribution in [0.15, 0.2) is 22.7 Å². The summed E-state index contributed by atoms with van der Waals surface area (Å²) in [6.45, 7) is 2.98. The molecule has 0 fully saturated rings. The van der Waals surface area contributed by atoms with Gasteiger partial charge in [0.2, 0.25) is 0 Å². The Morgan fingerprint density at radius 2 is 2.37 bits per heavy atom. The van der Waals surface area contributed by atoms with Gasteiger partial charge in [0, 0.05) is 31.3 Å². The smallest absolute Gasteiger partial charge is 0.257 e. The first kappa shape index (κ1) is 12.2. The highest BCUT2D eigenvalue weighted by Crippen LogP contribution is 2.28. The van der Waals surface area contributed by atoms with E-state index in [9.17, 15) is 0 Å². The number of nitrogens with zero attached hydrogens (tertiary/aromatic N) is 2. The van der Waals surface area contributed by atoms with Crippen LogP contribution in [-0.4, -0.2) is 29.9 Å². The van der Waals surface area contributed by atoms with E-state index in [0.717, 1.165) is 18.5 Å². The lowest BCUT2D eigenvalue weighted by molar-refractivity contribution is 0.116. The fourth-order valence-corrected chi connectivity index (χ4v) is 2.22. The Balaban J connectivity index is 1.82. The molecule has 0 saturated heterocycles. The number of rotatable bonds is 4. The summed E-state index contributed by atoms with van der Waals surface area (Å²) in [5.41, 5.74) is 3.47. The molecule has 0 spiro atoms. The molecule has 1 aliphatic heterocycles. The second-order valence-corrected chi connectivity index (χ2v) is 4.81. The van der Waals surface area contributed by atoms with Crippen LogP contribution in [0.25, 0.3) is 11.5 Å². The number of hydrogen-bond acceptors (Lipinski definition) is 5. The minimum Gasteiger partial charge on any atom is -0.384 e. The van der Waals surface area contributed by atoms with Gasteiger partial charge in [-0.05, 0) is 31.0 Å². The minimum absolute atomic E-state index is 0.0899. The van der Waals surface area contributed by atoms with Crippen molar-refractivity contribution in [2.45, 2.75) is 25.9 Å². The van der Waals surface area contributed by atoms with Gasteiger partial charge in [-0.3, -0.25) is 0 Å². The first-order valence-electron chi connectivity index (χ1n) is 6.49. The average molecular weight is 259 g/mol. The molecule has 3 rings (SSSR count). The zero-order valence-corrected chi connectivity index (χ0v) is 11.1. The highest BCUT2D eigenvalue weighted by atomic mass is 16.5. The molecule has 100 valence electrons. The molecule has 0 amide bonds. The molecule has 0 bridgehead atoms. The van der Waals surface area contributed by atoms with Crippen LogP contribution in [0.3, 0.4) is 0 Å². The monoisotopic (exact) mass is 259 g/mol. The SMILES string of the molecule is COC(C)Cc1noc(-c2ccc3c(c2)NCC3)n1. The fraction of sp³-hybridized carbons (Fsp3) is 0.429. The van der Waals surface area contributed by atoms with E-state index in [1.807, 2.05) is 13.0 Å². The highest BCUT2D eigenvalue weighted by molar-refractivity contribution is 5.66. The molecular weight excluding hydrogens is 242 g/mol. The highest BCUT2D eigenvalue weighted by Gasteiger charge is 2.15. The van der Waals surface area contributed by atoms with Gasteiger partial charge in [0.15, 0.2) is 5.82 Å². The Bertz CT molecular complexity index is 580. The van der Waals surface area contributed by atoms with E-state index < -0.39 is 0 Å². The summed E-state index contributed by atoms with van der Waals surface area (Å²) >= 11 is 0. The molecule has 1 aromatic carbocycles. The van der Waals surface area contributed by atoms with Gasteiger partial charge < -0.3 is 14.6 Å². The van der Waals surface area contributed by atoms with Crippen molar-refractivity contribution >= 4 is 5.69 Å². The first-order valence-corrected chi connectivity index (χ1v) is 6.49. The molecule has 5 nitrogen and oxygen atoms in total. The van der Waals surface area contributed by atoms with Crippen molar-refractivity contribution in [2.24, 2.45) is 0 Å². The van der Waals surface area contributed by atoms with Gasteiger partial charge in [0.05, 0.1) is 6.10 Å². The summed E-state index contributed by atoms with van der Waals surface area (Å²) in [4.78, 5) is 4.41. The van der Waals surface area contributed by atoms with Crippen LogP contribution in [0, 0.1) is 0 Å². The van der Waals surface area contributed by atoms with Crippen molar-refractivity contribution in [3.8, 4) is 11.5 Å². The van der Waals surface area contributed by atoms with Crippen LogP contribution in [0.4, 0.5) is 5.69 Å². The van der Waals surface area contributed by atoms with Gasteiger partial charge in [-0.1, -0.05) is 11.2 Å². The molecule has 1 aromatic heterocycles. The zero-order chi connectivity index (χ0) is 13.2. The number of aromatic nitrogens is 2. The number of nitrogens with one attached hydrogen (secondary N) is 1. The maximum atomic E-state index is 5.31. The van der Waals surface area contributed by atoms with Crippen LogP contribution in [0.2, 0.25) is 0 Å². The first-order chi connectivity index (χ1) is 9.26. The number of hydrogen-bond donors (Lipinski definition) is 1. The van der Waals surface area contributed by atoms with Gasteiger partial charge in [-0.25, -0.2) is 0 Å². The molecule has 0 saturated carbocycles. The van der Waals surface area contributed by atoms with E-state index >= 15 is 0 Å². The Morgan fingerprint density at radius 1 is 1.47 bits per heavy atom. The van der Waals surface area contributed by atoms with E-state index in [4.69, 9.17) is 9.26 Å². The minimum atomic E-state index is 0.0899. The quantitative estimate of drug-likeness (QED) is 0.912. The van der Waals surface area contributed by atoms with Gasteiger partial charge in [0.25, 0.3) is 5.89 Å². The summed E-state index contributed by atoms with van der Waals surface area (Å²) in [6.07, 6.45) is 1.83. The molecule has 0 radical (unpaired) electrons. The second-order valence-electron chi connectivity index (χ2n) is 4.81. The largest absolute Gasteiger partial charge is 0.384 e. The third-order valence-corrected chi connectivity index (χ3v) is 3.41. The van der Waals surface area contributed by atoms with Crippen LogP contribution in [0.1, 0.15) is 18.3 Å². The molecule has 1 unspecified atom stereocenters. The van der Waals surface area contributed by atoms with E-state index in [1.54, 1.807) is 7.11 Å². The Labute approximate surface area is 112 Å². The van der Waals surface area contributed by atoms with Gasteiger partial charge >= 0.3 is 0 Å². The molecular formula is C14H17N3O2. The van der Waals surface area contributed by atoms with Crippen molar-refractivity contribution in [1.29, 1.82) is 0 Å². The lowest BCUT2D eigenvalue weighted by atomic mass is 10.1. The Morgan fingerprint density at radius 3 is 3.21 bits per heavy atom. The normalized spacial score (nSPS) is 15.1. The van der Waals surface area contributed by atoms with E-state index in [-0.39, 0.29) is 6.10 Å². The molecule has 1 N–H and O–H groups in total. The standard InChI is InChI=1S/C14H17N3O2/c1-9(18-2)7-13-16-14(19-17-13)11-4-3-10-5-6-15-12(10)8-11/h3-4,8-9,15H,5-7H2,1-2H3. The molecule has 0 aliphatic carbocycles. The Kier molecular flexibility index (Phi) is 3.21. The van der Waals surface area contributed by atoms with E-state index in [0.29, 0.717) is 18.1 Å². The van der Waals surface area contributed by atoms with Crippen LogP contribution in [0.5, 0.6) is 0 Å². The van der Waals surface area contributed by atoms with Crippen LogP contribution >= 0.6 is 0 Å². The van der Waals surface area contributed by atoms with Crippen LogP contribution in [-0.2, 0) is 17.6 Å². The van der Waals surface area contributed by atoms with Gasteiger partial charge in [-0.15, -0.1) is 0 Å². The topological polar surface area (TPSA) is 60.2 Å². The van der Waals surface area contributed by atoms with E-state index in [2.05, 4.69) is 27.6 Å². The molecule has 2 aromatic rings. The molecule has 19 heavy (non-hydrogen) atoms. The van der Waals surface area contributed by atoms with Crippen molar-refractivity contribution in [1.82, 2.24) is 10.1 Å². The lowest BCUT2D eigenvalue weighted by Gasteiger charge is -2.04. The number of methoxy groups -OCH3 is 1. The summed E-state index contributed by atoms with van der Waals surface area (Å²) in [6, 6.07) is 6.22. The van der Waals surface area contributed by atoms with Crippen molar-refractivity contribution in [3.05, 3.63) is 29.6 Å².